The van der Waals surface area contributed by atoms with E-state index < -0.39 is 15.6 Å². The lowest BCUT2D eigenvalue weighted by atomic mass is 9.99. The fraction of sp³-hybridized carbons (Fsp3) is 0.550. The molecule has 0 amide bonds. The molecule has 2 aliphatic heterocycles. The van der Waals surface area contributed by atoms with Gasteiger partial charge in [0, 0.05) is 24.5 Å². The Bertz CT molecular complexity index is 999. The maximum absolute atomic E-state index is 12.6. The number of aromatic nitrogens is 1. The standard InChI is InChI=1S/C20H24F3N3O3S/c21-20(22,23)30(27,28)29-18-4-5-19-15(13-18)12-17(14-24-19)26-10-6-16(7-11-26)25-8-2-1-3-9-25/h4-5,12-14,16H,1-3,6-11H2. The number of halogens is 3. The maximum Gasteiger partial charge on any atom is 0.534 e. The number of hydrogen-bond donors (Lipinski definition) is 0. The van der Waals surface area contributed by atoms with Crippen LogP contribution in [0.15, 0.2) is 30.5 Å². The molecule has 4 rings (SSSR count). The van der Waals surface area contributed by atoms with Crippen molar-refractivity contribution in [3.63, 3.8) is 0 Å². The predicted octanol–water partition coefficient (Wildman–Crippen LogP) is 3.92. The van der Waals surface area contributed by atoms with Crippen molar-refractivity contribution in [1.29, 1.82) is 0 Å². The van der Waals surface area contributed by atoms with E-state index in [4.69, 9.17) is 0 Å². The summed E-state index contributed by atoms with van der Waals surface area (Å²) in [6.45, 7) is 4.11. The largest absolute Gasteiger partial charge is 0.534 e. The van der Waals surface area contributed by atoms with Crippen molar-refractivity contribution in [3.8, 4) is 5.75 Å². The van der Waals surface area contributed by atoms with E-state index in [2.05, 4.69) is 19.0 Å². The molecule has 0 bridgehead atoms. The minimum Gasteiger partial charge on any atom is -0.376 e. The third-order valence-corrected chi connectivity index (χ3v) is 6.84. The average molecular weight is 443 g/mol. The molecule has 0 spiro atoms. The van der Waals surface area contributed by atoms with Crippen LogP contribution in [0.4, 0.5) is 18.9 Å². The second kappa shape index (κ2) is 8.22. The molecule has 2 aliphatic rings. The number of alkyl halides is 3. The number of anilines is 1. The Balaban J connectivity index is 1.48. The molecule has 0 radical (unpaired) electrons. The van der Waals surface area contributed by atoms with Crippen LogP contribution >= 0.6 is 0 Å². The second-order valence-electron chi connectivity index (χ2n) is 7.85. The number of fused-ring (bicyclic) bond motifs is 1. The molecule has 2 saturated heterocycles. The number of pyridine rings is 1. The number of benzene rings is 1. The summed E-state index contributed by atoms with van der Waals surface area (Å²) in [6, 6.07) is 6.31. The summed E-state index contributed by atoms with van der Waals surface area (Å²) in [5.74, 6) is -0.386. The highest BCUT2D eigenvalue weighted by atomic mass is 32.2. The summed E-state index contributed by atoms with van der Waals surface area (Å²) in [7, 11) is -5.70. The van der Waals surface area contributed by atoms with Crippen LogP contribution in [0, 0.1) is 0 Å². The van der Waals surface area contributed by atoms with Crippen molar-refractivity contribution in [2.45, 2.75) is 43.7 Å². The minimum atomic E-state index is -5.70. The van der Waals surface area contributed by atoms with Gasteiger partial charge in [0.15, 0.2) is 0 Å². The summed E-state index contributed by atoms with van der Waals surface area (Å²) in [6.07, 6.45) is 7.72. The van der Waals surface area contributed by atoms with E-state index in [9.17, 15) is 21.6 Å². The molecule has 1 aromatic carbocycles. The van der Waals surface area contributed by atoms with Gasteiger partial charge in [0.1, 0.15) is 5.75 Å². The van der Waals surface area contributed by atoms with E-state index in [0.29, 0.717) is 16.9 Å². The first-order chi connectivity index (χ1) is 14.2. The molecule has 30 heavy (non-hydrogen) atoms. The quantitative estimate of drug-likeness (QED) is 0.527. The van der Waals surface area contributed by atoms with Crippen LogP contribution in [0.25, 0.3) is 10.9 Å². The lowest BCUT2D eigenvalue weighted by Crippen LogP contribution is -2.46. The van der Waals surface area contributed by atoms with Gasteiger partial charge in [-0.2, -0.15) is 21.6 Å². The van der Waals surface area contributed by atoms with Gasteiger partial charge in [-0.1, -0.05) is 6.42 Å². The van der Waals surface area contributed by atoms with Crippen LogP contribution in [0.2, 0.25) is 0 Å². The molecule has 10 heteroatoms. The molecule has 1 aromatic heterocycles. The highest BCUT2D eigenvalue weighted by Gasteiger charge is 2.48. The predicted molar refractivity (Wildman–Crippen MR) is 108 cm³/mol. The Hall–Kier alpha value is -2.07. The Labute approximate surface area is 173 Å². The topological polar surface area (TPSA) is 62.7 Å². The van der Waals surface area contributed by atoms with Crippen molar-refractivity contribution >= 4 is 26.7 Å². The first-order valence-electron chi connectivity index (χ1n) is 10.1. The lowest BCUT2D eigenvalue weighted by Gasteiger charge is -2.40. The van der Waals surface area contributed by atoms with Gasteiger partial charge in [-0.25, -0.2) is 0 Å². The Morgan fingerprint density at radius 1 is 1.00 bits per heavy atom. The van der Waals surface area contributed by atoms with E-state index in [1.54, 1.807) is 6.20 Å². The molecule has 6 nitrogen and oxygen atoms in total. The third-order valence-electron chi connectivity index (χ3n) is 5.86. The number of nitrogens with zero attached hydrogens (tertiary/aromatic N) is 3. The van der Waals surface area contributed by atoms with Crippen molar-refractivity contribution in [2.75, 3.05) is 31.1 Å². The van der Waals surface area contributed by atoms with E-state index in [1.807, 2.05) is 6.07 Å². The third kappa shape index (κ3) is 4.49. The van der Waals surface area contributed by atoms with E-state index in [0.717, 1.165) is 31.6 Å². The van der Waals surface area contributed by atoms with Crippen molar-refractivity contribution in [2.24, 2.45) is 0 Å². The molecule has 0 aliphatic carbocycles. The molecule has 2 fully saturated rings. The molecule has 2 aromatic rings. The summed E-state index contributed by atoms with van der Waals surface area (Å²) >= 11 is 0. The maximum atomic E-state index is 12.6. The molecule has 3 heterocycles. The van der Waals surface area contributed by atoms with Crippen molar-refractivity contribution < 1.29 is 25.8 Å². The number of piperidine rings is 2. The van der Waals surface area contributed by atoms with Crippen LogP contribution < -0.4 is 9.08 Å². The number of hydrogen-bond acceptors (Lipinski definition) is 6. The van der Waals surface area contributed by atoms with Gasteiger partial charge in [-0.3, -0.25) is 4.98 Å². The van der Waals surface area contributed by atoms with Crippen LogP contribution in [0.3, 0.4) is 0 Å². The SMILES string of the molecule is O=S(=O)(Oc1ccc2ncc(N3CCC(N4CCCCC4)CC3)cc2c1)C(F)(F)F. The average Bonchev–Trinajstić information content (AvgIpc) is 2.73. The Morgan fingerprint density at radius 2 is 1.70 bits per heavy atom. The van der Waals surface area contributed by atoms with Gasteiger partial charge >= 0.3 is 15.6 Å². The minimum absolute atomic E-state index is 0.386. The molecular weight excluding hydrogens is 419 g/mol. The van der Waals surface area contributed by atoms with Gasteiger partial charge in [0.25, 0.3) is 0 Å². The van der Waals surface area contributed by atoms with Crippen LogP contribution in [-0.4, -0.2) is 56.0 Å². The first kappa shape index (κ1) is 21.2. The van der Waals surface area contributed by atoms with E-state index >= 15 is 0 Å². The summed E-state index contributed by atoms with van der Waals surface area (Å²) in [5.41, 5.74) is -4.05. The van der Waals surface area contributed by atoms with Gasteiger partial charge in [-0.05, 0) is 63.0 Å². The van der Waals surface area contributed by atoms with Gasteiger partial charge < -0.3 is 14.0 Å². The molecule has 0 unspecified atom stereocenters. The molecular formula is C20H24F3N3O3S. The fourth-order valence-corrected chi connectivity index (χ4v) is 4.72. The zero-order valence-corrected chi connectivity index (χ0v) is 17.3. The molecule has 0 N–H and O–H groups in total. The van der Waals surface area contributed by atoms with E-state index in [1.165, 1.54) is 50.6 Å². The van der Waals surface area contributed by atoms with Crippen LogP contribution in [0.5, 0.6) is 5.75 Å². The molecule has 0 atom stereocenters. The van der Waals surface area contributed by atoms with Crippen molar-refractivity contribution in [1.82, 2.24) is 9.88 Å². The zero-order valence-electron chi connectivity index (χ0n) is 16.4. The zero-order chi connectivity index (χ0) is 21.4. The number of likely N-dealkylation sites (tertiary alicyclic amines) is 1. The van der Waals surface area contributed by atoms with E-state index in [-0.39, 0.29) is 5.75 Å². The summed E-state index contributed by atoms with van der Waals surface area (Å²) in [4.78, 5) is 9.17. The van der Waals surface area contributed by atoms with Gasteiger partial charge in [0.05, 0.1) is 17.4 Å². The van der Waals surface area contributed by atoms with Crippen molar-refractivity contribution in [3.05, 3.63) is 30.5 Å². The number of rotatable bonds is 4. The van der Waals surface area contributed by atoms with Crippen LogP contribution in [-0.2, 0) is 10.1 Å². The van der Waals surface area contributed by atoms with Gasteiger partial charge in [0.2, 0.25) is 0 Å². The Kier molecular flexibility index (Phi) is 5.80. The van der Waals surface area contributed by atoms with Gasteiger partial charge in [-0.15, -0.1) is 0 Å². The first-order valence-corrected chi connectivity index (χ1v) is 11.5. The molecule has 164 valence electrons. The monoisotopic (exact) mass is 443 g/mol. The second-order valence-corrected chi connectivity index (χ2v) is 9.38. The summed E-state index contributed by atoms with van der Waals surface area (Å²) in [5, 5.41) is 0.528. The smallest absolute Gasteiger partial charge is 0.376 e. The lowest BCUT2D eigenvalue weighted by molar-refractivity contribution is -0.0500. The highest BCUT2D eigenvalue weighted by Crippen LogP contribution is 2.30. The molecule has 0 saturated carbocycles. The van der Waals surface area contributed by atoms with Crippen LogP contribution in [0.1, 0.15) is 32.1 Å². The fourth-order valence-electron chi connectivity index (χ4n) is 4.27. The normalized spacial score (nSPS) is 19.9. The summed E-state index contributed by atoms with van der Waals surface area (Å²) < 4.78 is 64.5. The highest BCUT2D eigenvalue weighted by molar-refractivity contribution is 7.88. The Morgan fingerprint density at radius 3 is 2.37 bits per heavy atom.